The predicted octanol–water partition coefficient (Wildman–Crippen LogP) is -2.97. The lowest BCUT2D eigenvalue weighted by atomic mass is 9.87. The van der Waals surface area contributed by atoms with Crippen LogP contribution in [0.3, 0.4) is 0 Å². The molecule has 2 aromatic heterocycles. The van der Waals surface area contributed by atoms with Crippen molar-refractivity contribution in [3.63, 3.8) is 0 Å². The predicted molar refractivity (Wildman–Crippen MR) is 212 cm³/mol. The van der Waals surface area contributed by atoms with Crippen molar-refractivity contribution in [1.29, 1.82) is 0 Å². The number of thiol groups is 1. The molecule has 0 aliphatic carbocycles. The molecule has 2 aromatic rings. The van der Waals surface area contributed by atoms with E-state index in [0.29, 0.717) is 5.75 Å². The Hall–Kier alpha value is -1.97. The smallest absolute Gasteiger partial charge is 0.387 e. The second-order valence-electron chi connectivity index (χ2n) is 14.2. The molecule has 0 bridgehead atoms. The number of imidazole rings is 1. The van der Waals surface area contributed by atoms with Crippen LogP contribution < -0.4 is 16.4 Å². The molecule has 4 heterocycles. The summed E-state index contributed by atoms with van der Waals surface area (Å²) in [5.41, 5.74) is 4.16. The van der Waals surface area contributed by atoms with E-state index in [1.165, 1.54) is 13.8 Å². The van der Waals surface area contributed by atoms with Crippen molar-refractivity contribution < 1.29 is 123 Å². The highest BCUT2D eigenvalue weighted by molar-refractivity contribution is 7.80. The Kier molecular flexibility index (Phi) is 19.0. The number of anilines is 1. The standard InChI is InChI=1S/C26H46N7O26P5S/c1-26(2,20(38)23(39)29-4-3-14(34)28-5-6-65)9-53-63(47,48)58-61(43,44)52-8-13-17(36)19(24(54-13)33-11-32-15-21(27)30-10-31-22(15)33)56-25-18(37)16(35)12(55-25)7-51-62(45,46)59-64(49,50)57-60(40,41)42/h10-13,16-20,24-25,35-38,65H,3-9H2,1-2H3,(H,28,34)(H,29,39)(H,43,44)(H,45,46)(H,47,48)(H,49,50)(H2,27,30,31)(H2,40,41,42)/t12-,13-,16-,17-,18-,19-,20?,24-,25-/m1/s1. The third-order valence-corrected chi connectivity index (χ3v) is 15.3. The SMILES string of the molecule is CC(C)(COP(=O)(O)OP(=O)(O)OC[C@H]1O[C@@H](n2cnc3c(N)ncnc32)[C@H](O[C@H]2O[C@H](COP(=O)(O)OP(=O)(O)OP(=O)(O)O)[C@@H](O)[C@H]2O)[C@@H]1O)C(O)C(=O)NCCC(=O)NCCS. The molecule has 65 heavy (non-hydrogen) atoms. The van der Waals surface area contributed by atoms with Gasteiger partial charge in [-0.15, -0.1) is 0 Å². The van der Waals surface area contributed by atoms with Crippen molar-refractivity contribution in [3.8, 4) is 0 Å². The number of nitrogens with one attached hydrogen (secondary N) is 2. The number of nitrogens with two attached hydrogens (primary N) is 1. The summed E-state index contributed by atoms with van der Waals surface area (Å²) in [4.78, 5) is 93.3. The Balaban J connectivity index is 1.42. The van der Waals surface area contributed by atoms with Crippen LogP contribution in [0.1, 0.15) is 26.5 Å². The van der Waals surface area contributed by atoms with Gasteiger partial charge in [-0.05, 0) is 0 Å². The Labute approximate surface area is 370 Å². The maximum atomic E-state index is 12.9. The number of aromatic nitrogens is 4. The fourth-order valence-corrected chi connectivity index (χ4v) is 11.0. The van der Waals surface area contributed by atoms with Crippen LogP contribution in [0.25, 0.3) is 11.2 Å². The van der Waals surface area contributed by atoms with Crippen LogP contribution in [-0.2, 0) is 73.1 Å². The van der Waals surface area contributed by atoms with E-state index >= 15 is 0 Å². The van der Waals surface area contributed by atoms with Gasteiger partial charge in [0.15, 0.2) is 24.0 Å². The number of phosphoric acid groups is 5. The number of carbonyl (C=O) groups is 2. The molecular weight excluding hydrogens is 1010 g/mol. The number of aliphatic hydroxyl groups is 4. The van der Waals surface area contributed by atoms with Crippen molar-refractivity contribution in [2.75, 3.05) is 44.4 Å². The number of fused-ring (bicyclic) bond motifs is 1. The summed E-state index contributed by atoms with van der Waals surface area (Å²) in [5.74, 6) is -1.15. The van der Waals surface area contributed by atoms with Gasteiger partial charge in [-0.25, -0.2) is 37.8 Å². The highest BCUT2D eigenvalue weighted by Crippen LogP contribution is 2.66. The first kappa shape index (κ1) is 55.6. The van der Waals surface area contributed by atoms with Gasteiger partial charge in [-0.2, -0.15) is 25.6 Å². The van der Waals surface area contributed by atoms with Crippen LogP contribution in [0.15, 0.2) is 12.7 Å². The van der Waals surface area contributed by atoms with Crippen LogP contribution in [0.5, 0.6) is 0 Å². The number of phosphoric ester groups is 3. The van der Waals surface area contributed by atoms with E-state index in [4.69, 9.17) is 38.8 Å². The van der Waals surface area contributed by atoms with E-state index in [0.717, 1.165) is 17.2 Å². The maximum absolute atomic E-state index is 12.9. The molecule has 2 aliphatic rings. The second-order valence-corrected chi connectivity index (χ2v) is 22.2. The number of aliphatic hydroxyl groups excluding tert-OH is 4. The van der Waals surface area contributed by atoms with Gasteiger partial charge in [0.25, 0.3) is 0 Å². The molecule has 0 radical (unpaired) electrons. The van der Waals surface area contributed by atoms with E-state index in [2.05, 4.69) is 55.7 Å². The monoisotopic (exact) mass is 1060 g/mol. The lowest BCUT2D eigenvalue weighted by Gasteiger charge is -2.30. The normalized spacial score (nSPS) is 28.2. The van der Waals surface area contributed by atoms with Gasteiger partial charge in [-0.1, -0.05) is 13.8 Å². The van der Waals surface area contributed by atoms with Gasteiger partial charge in [0, 0.05) is 30.7 Å². The van der Waals surface area contributed by atoms with Gasteiger partial charge < -0.3 is 80.4 Å². The molecular formula is C26H46N7O26P5S. The Morgan fingerprint density at radius 1 is 0.831 bits per heavy atom. The lowest BCUT2D eigenvalue weighted by Crippen LogP contribution is -2.46. The largest absolute Gasteiger partial charge is 0.490 e. The van der Waals surface area contributed by atoms with Crippen molar-refractivity contribution in [2.24, 2.45) is 5.41 Å². The molecule has 0 aromatic carbocycles. The molecule has 33 nitrogen and oxygen atoms in total. The summed E-state index contributed by atoms with van der Waals surface area (Å²) in [7, 11) is -28.6. The van der Waals surface area contributed by atoms with Gasteiger partial charge in [0.2, 0.25) is 11.8 Å². The first-order valence-electron chi connectivity index (χ1n) is 18.1. The summed E-state index contributed by atoms with van der Waals surface area (Å²) in [6, 6.07) is 0. The first-order valence-corrected chi connectivity index (χ1v) is 26.2. The summed E-state index contributed by atoms with van der Waals surface area (Å²) < 4.78 is 104. The molecule has 372 valence electrons. The van der Waals surface area contributed by atoms with Gasteiger partial charge in [0.05, 0.1) is 26.1 Å². The number of rotatable bonds is 25. The van der Waals surface area contributed by atoms with Crippen LogP contribution in [0, 0.1) is 5.41 Å². The zero-order chi connectivity index (χ0) is 48.9. The van der Waals surface area contributed by atoms with Crippen molar-refractivity contribution in [2.45, 2.75) is 75.5 Å². The quantitative estimate of drug-likeness (QED) is 0.0349. The molecule has 2 aliphatic heterocycles. The minimum atomic E-state index is -5.93. The van der Waals surface area contributed by atoms with E-state index < -0.39 is 131 Å². The number of nitrogen functional groups attached to an aromatic ring is 1. The summed E-state index contributed by atoms with van der Waals surface area (Å²) in [6.45, 7) is -0.770. The minimum Gasteiger partial charge on any atom is -0.387 e. The molecule has 14 N–H and O–H groups in total. The van der Waals surface area contributed by atoms with Gasteiger partial charge in [-0.3, -0.25) is 27.7 Å². The molecule has 0 spiro atoms. The van der Waals surface area contributed by atoms with E-state index in [-0.39, 0.29) is 36.5 Å². The average molecular weight is 1060 g/mol. The van der Waals surface area contributed by atoms with Crippen LogP contribution in [0.4, 0.5) is 5.82 Å². The van der Waals surface area contributed by atoms with Crippen LogP contribution in [0.2, 0.25) is 0 Å². The summed E-state index contributed by atoms with van der Waals surface area (Å²) in [6.07, 6.45) is -15.1. The van der Waals surface area contributed by atoms with E-state index in [9.17, 15) is 72.4 Å². The van der Waals surface area contributed by atoms with E-state index in [1.54, 1.807) is 0 Å². The lowest BCUT2D eigenvalue weighted by molar-refractivity contribution is -0.219. The van der Waals surface area contributed by atoms with Gasteiger partial charge >= 0.3 is 39.1 Å². The van der Waals surface area contributed by atoms with E-state index in [1.807, 2.05) is 0 Å². The van der Waals surface area contributed by atoms with Crippen molar-refractivity contribution in [3.05, 3.63) is 12.7 Å². The molecule has 0 saturated carbocycles. The van der Waals surface area contributed by atoms with Gasteiger partial charge in [0.1, 0.15) is 54.6 Å². The zero-order valence-electron chi connectivity index (χ0n) is 33.4. The minimum absolute atomic E-state index is 0.00376. The molecule has 5 unspecified atom stereocenters. The molecule has 2 saturated heterocycles. The second kappa shape index (κ2) is 22.2. The fraction of sp³-hybridized carbons (Fsp3) is 0.731. The van der Waals surface area contributed by atoms with Crippen molar-refractivity contribution >= 4 is 80.5 Å². The highest BCUT2D eigenvalue weighted by Gasteiger charge is 2.53. The number of ether oxygens (including phenoxy) is 3. The topological polar surface area (TPSA) is 499 Å². The number of nitrogens with zero attached hydrogens (tertiary/aromatic N) is 4. The molecule has 13 atom stereocenters. The summed E-state index contributed by atoms with van der Waals surface area (Å²) in [5, 5.41) is 48.0. The Morgan fingerprint density at radius 2 is 1.42 bits per heavy atom. The molecule has 39 heteroatoms. The fourth-order valence-electron chi connectivity index (χ4n) is 5.58. The highest BCUT2D eigenvalue weighted by atomic mass is 32.1. The number of carbonyl (C=O) groups excluding carboxylic acids is 2. The third kappa shape index (κ3) is 16.0. The Bertz CT molecular complexity index is 2240. The number of amides is 2. The molecule has 4 rings (SSSR count). The first-order chi connectivity index (χ1) is 29.9. The molecule has 2 amide bonds. The van der Waals surface area contributed by atoms with Crippen LogP contribution in [-0.4, -0.2) is 169 Å². The number of hydrogen-bond donors (Lipinski definition) is 14. The van der Waals surface area contributed by atoms with Crippen LogP contribution >= 0.6 is 51.7 Å². The Morgan fingerprint density at radius 3 is 2.02 bits per heavy atom. The summed E-state index contributed by atoms with van der Waals surface area (Å²) >= 11 is 3.95. The maximum Gasteiger partial charge on any atom is 0.490 e. The molecule has 2 fully saturated rings. The average Bonchev–Trinajstić information content (AvgIpc) is 3.82. The third-order valence-electron chi connectivity index (χ3n) is 8.68. The zero-order valence-corrected chi connectivity index (χ0v) is 38.7. The number of hydrogen-bond acceptors (Lipinski definition) is 25. The van der Waals surface area contributed by atoms with Crippen molar-refractivity contribution in [1.82, 2.24) is 30.2 Å².